The quantitative estimate of drug-likeness (QED) is 0.638. The van der Waals surface area contributed by atoms with E-state index in [0.717, 1.165) is 0 Å². The van der Waals surface area contributed by atoms with Crippen molar-refractivity contribution in [2.24, 2.45) is 0 Å². The molecule has 0 saturated carbocycles. The lowest BCUT2D eigenvalue weighted by Gasteiger charge is -2.16. The van der Waals surface area contributed by atoms with Gasteiger partial charge in [-0.3, -0.25) is 9.59 Å². The van der Waals surface area contributed by atoms with E-state index in [-0.39, 0.29) is 25.0 Å². The predicted molar refractivity (Wildman–Crippen MR) is 52.8 cm³/mol. The molecule has 82 valence electrons. The van der Waals surface area contributed by atoms with Crippen LogP contribution in [0.15, 0.2) is 0 Å². The Labute approximate surface area is 84.4 Å². The lowest BCUT2D eigenvalue weighted by atomic mass is 10.4. The van der Waals surface area contributed by atoms with Crippen molar-refractivity contribution in [2.75, 3.05) is 33.4 Å². The molecule has 0 heterocycles. The van der Waals surface area contributed by atoms with E-state index in [0.29, 0.717) is 13.2 Å². The van der Waals surface area contributed by atoms with E-state index in [1.165, 1.54) is 4.90 Å². The van der Waals surface area contributed by atoms with Gasteiger partial charge in [0.2, 0.25) is 11.8 Å². The van der Waals surface area contributed by atoms with Crippen LogP contribution in [-0.4, -0.2) is 50.1 Å². The minimum atomic E-state index is -0.182. The van der Waals surface area contributed by atoms with Crippen LogP contribution >= 0.6 is 0 Å². The predicted octanol–water partition coefficient (Wildman–Crippen LogP) is -0.383. The number of ether oxygens (including phenoxy) is 1. The Hall–Kier alpha value is -1.10. The minimum absolute atomic E-state index is 0.0341. The number of likely N-dealkylation sites (N-methyl/N-ethyl adjacent to an activating group) is 2. The van der Waals surface area contributed by atoms with Crippen molar-refractivity contribution in [3.63, 3.8) is 0 Å². The standard InChI is InChI=1S/C9H18N2O3/c1-4-10-8(12)6-11(3)9(13)7-14-5-2/h4-7H2,1-3H3,(H,10,12). The van der Waals surface area contributed by atoms with Crippen LogP contribution in [0, 0.1) is 0 Å². The SMILES string of the molecule is CCNC(=O)CN(C)C(=O)COCC. The third kappa shape index (κ3) is 5.53. The van der Waals surface area contributed by atoms with E-state index in [4.69, 9.17) is 4.74 Å². The molecule has 14 heavy (non-hydrogen) atoms. The van der Waals surface area contributed by atoms with Crippen molar-refractivity contribution < 1.29 is 14.3 Å². The molecule has 0 aliphatic rings. The second-order valence-corrected chi connectivity index (χ2v) is 2.84. The first-order valence-corrected chi connectivity index (χ1v) is 4.70. The van der Waals surface area contributed by atoms with Gasteiger partial charge in [0.15, 0.2) is 0 Å². The summed E-state index contributed by atoms with van der Waals surface area (Å²) in [4.78, 5) is 23.7. The second-order valence-electron chi connectivity index (χ2n) is 2.84. The molecule has 5 heteroatoms. The maximum absolute atomic E-state index is 11.3. The molecule has 0 unspecified atom stereocenters. The van der Waals surface area contributed by atoms with E-state index in [9.17, 15) is 9.59 Å². The van der Waals surface area contributed by atoms with Crippen LogP contribution in [0.4, 0.5) is 0 Å². The summed E-state index contributed by atoms with van der Waals surface area (Å²) in [5.41, 5.74) is 0. The zero-order valence-electron chi connectivity index (χ0n) is 9.00. The largest absolute Gasteiger partial charge is 0.372 e. The Morgan fingerprint density at radius 3 is 2.50 bits per heavy atom. The number of nitrogens with zero attached hydrogens (tertiary/aromatic N) is 1. The molecule has 0 rings (SSSR count). The number of carbonyl (C=O) groups is 2. The maximum Gasteiger partial charge on any atom is 0.248 e. The van der Waals surface area contributed by atoms with Gasteiger partial charge in [-0.15, -0.1) is 0 Å². The zero-order valence-corrected chi connectivity index (χ0v) is 9.00. The number of hydrogen-bond acceptors (Lipinski definition) is 3. The van der Waals surface area contributed by atoms with E-state index in [2.05, 4.69) is 5.32 Å². The van der Waals surface area contributed by atoms with Crippen LogP contribution in [0.3, 0.4) is 0 Å². The van der Waals surface area contributed by atoms with Gasteiger partial charge in [0.1, 0.15) is 6.61 Å². The van der Waals surface area contributed by atoms with Crippen molar-refractivity contribution in [1.29, 1.82) is 0 Å². The lowest BCUT2D eigenvalue weighted by molar-refractivity contribution is -0.138. The molecule has 0 saturated heterocycles. The Balaban J connectivity index is 3.76. The van der Waals surface area contributed by atoms with Crippen molar-refractivity contribution in [1.82, 2.24) is 10.2 Å². The highest BCUT2D eigenvalue weighted by Crippen LogP contribution is 1.86. The molecule has 0 radical (unpaired) electrons. The molecule has 1 N–H and O–H groups in total. The Bertz CT molecular complexity index is 194. The van der Waals surface area contributed by atoms with Crippen LogP contribution in [0.5, 0.6) is 0 Å². The number of nitrogens with one attached hydrogen (secondary N) is 1. The van der Waals surface area contributed by atoms with Crippen molar-refractivity contribution in [3.05, 3.63) is 0 Å². The fourth-order valence-corrected chi connectivity index (χ4v) is 0.856. The van der Waals surface area contributed by atoms with Crippen molar-refractivity contribution in [3.8, 4) is 0 Å². The topological polar surface area (TPSA) is 58.6 Å². The molecule has 0 aliphatic heterocycles. The first-order chi connectivity index (χ1) is 6.61. The van der Waals surface area contributed by atoms with E-state index < -0.39 is 0 Å². The summed E-state index contributed by atoms with van der Waals surface area (Å²) in [6.07, 6.45) is 0. The Morgan fingerprint density at radius 1 is 1.36 bits per heavy atom. The van der Waals surface area contributed by atoms with E-state index >= 15 is 0 Å². The summed E-state index contributed by atoms with van der Waals surface area (Å²) in [6, 6.07) is 0. The van der Waals surface area contributed by atoms with Crippen molar-refractivity contribution >= 4 is 11.8 Å². The molecule has 0 fully saturated rings. The Kier molecular flexibility index (Phi) is 6.74. The molecule has 0 aromatic heterocycles. The molecule has 0 atom stereocenters. The normalized spacial score (nSPS) is 9.64. The van der Waals surface area contributed by atoms with Gasteiger partial charge in [0, 0.05) is 20.2 Å². The Morgan fingerprint density at radius 2 is 2.00 bits per heavy atom. The van der Waals surface area contributed by atoms with Crippen LogP contribution in [0.1, 0.15) is 13.8 Å². The molecule has 0 aromatic rings. The average Bonchev–Trinajstić information content (AvgIpc) is 2.14. The van der Waals surface area contributed by atoms with Crippen LogP contribution in [0.25, 0.3) is 0 Å². The van der Waals surface area contributed by atoms with Gasteiger partial charge in [0.25, 0.3) is 0 Å². The molecule has 0 bridgehead atoms. The van der Waals surface area contributed by atoms with E-state index in [1.807, 2.05) is 13.8 Å². The van der Waals surface area contributed by atoms with Gasteiger partial charge in [-0.05, 0) is 13.8 Å². The molecule has 2 amide bonds. The summed E-state index contributed by atoms with van der Waals surface area (Å²) in [6.45, 7) is 4.84. The van der Waals surface area contributed by atoms with Gasteiger partial charge in [-0.2, -0.15) is 0 Å². The molecule has 0 spiro atoms. The second kappa shape index (κ2) is 7.32. The maximum atomic E-state index is 11.3. The van der Waals surface area contributed by atoms with Gasteiger partial charge in [0.05, 0.1) is 6.54 Å². The number of rotatable bonds is 6. The molecule has 5 nitrogen and oxygen atoms in total. The van der Waals surface area contributed by atoms with E-state index in [1.54, 1.807) is 7.05 Å². The summed E-state index contributed by atoms with van der Waals surface area (Å²) in [5.74, 6) is -0.335. The zero-order chi connectivity index (χ0) is 11.0. The summed E-state index contributed by atoms with van der Waals surface area (Å²) in [5, 5.41) is 2.61. The van der Waals surface area contributed by atoms with Crippen LogP contribution in [-0.2, 0) is 14.3 Å². The summed E-state index contributed by atoms with van der Waals surface area (Å²) in [7, 11) is 1.58. The molecule has 0 aromatic carbocycles. The fourth-order valence-electron chi connectivity index (χ4n) is 0.856. The highest BCUT2D eigenvalue weighted by atomic mass is 16.5. The highest BCUT2D eigenvalue weighted by molar-refractivity contribution is 5.85. The van der Waals surface area contributed by atoms with Gasteiger partial charge in [-0.1, -0.05) is 0 Å². The monoisotopic (exact) mass is 202 g/mol. The van der Waals surface area contributed by atoms with Crippen molar-refractivity contribution in [2.45, 2.75) is 13.8 Å². The third-order valence-electron chi connectivity index (χ3n) is 1.61. The third-order valence-corrected chi connectivity index (χ3v) is 1.61. The molecular formula is C9H18N2O3. The van der Waals surface area contributed by atoms with Crippen LogP contribution < -0.4 is 5.32 Å². The number of carbonyl (C=O) groups excluding carboxylic acids is 2. The van der Waals surface area contributed by atoms with Gasteiger partial charge >= 0.3 is 0 Å². The number of hydrogen-bond donors (Lipinski definition) is 1. The minimum Gasteiger partial charge on any atom is -0.372 e. The molecular weight excluding hydrogens is 184 g/mol. The average molecular weight is 202 g/mol. The summed E-state index contributed by atoms with van der Waals surface area (Å²) >= 11 is 0. The van der Waals surface area contributed by atoms with Crippen LogP contribution in [0.2, 0.25) is 0 Å². The first-order valence-electron chi connectivity index (χ1n) is 4.70. The fraction of sp³-hybridized carbons (Fsp3) is 0.778. The first kappa shape index (κ1) is 12.9. The smallest absolute Gasteiger partial charge is 0.248 e. The highest BCUT2D eigenvalue weighted by Gasteiger charge is 2.11. The van der Waals surface area contributed by atoms with Gasteiger partial charge in [-0.25, -0.2) is 0 Å². The summed E-state index contributed by atoms with van der Waals surface area (Å²) < 4.78 is 4.94. The van der Waals surface area contributed by atoms with Gasteiger partial charge < -0.3 is 15.0 Å². The lowest BCUT2D eigenvalue weighted by Crippen LogP contribution is -2.39. The molecule has 0 aliphatic carbocycles. The number of amides is 2.